The number of amides is 2. The fourth-order valence-corrected chi connectivity index (χ4v) is 5.15. The average molecular weight is 468 g/mol. The van der Waals surface area contributed by atoms with Crippen molar-refractivity contribution in [1.29, 1.82) is 5.26 Å². The van der Waals surface area contributed by atoms with Gasteiger partial charge in [0.1, 0.15) is 17.1 Å². The maximum absolute atomic E-state index is 12.6. The fourth-order valence-electron chi connectivity index (χ4n) is 3.77. The SMILES string of the molecule is Cc1ccc(C(=O)NC(C(=O)OCC(=O)Nc2sc3c(c2C#N)CCC(C)C3)C(C)C)cc1. The van der Waals surface area contributed by atoms with Gasteiger partial charge in [-0.05, 0) is 55.7 Å². The molecule has 2 atom stereocenters. The largest absolute Gasteiger partial charge is 0.454 e. The summed E-state index contributed by atoms with van der Waals surface area (Å²) < 4.78 is 5.20. The smallest absolute Gasteiger partial charge is 0.329 e. The van der Waals surface area contributed by atoms with Gasteiger partial charge in [0.05, 0.1) is 5.56 Å². The van der Waals surface area contributed by atoms with Gasteiger partial charge < -0.3 is 15.4 Å². The number of hydrogen-bond donors (Lipinski definition) is 2. The molecule has 7 nitrogen and oxygen atoms in total. The molecule has 1 aliphatic carbocycles. The topological polar surface area (TPSA) is 108 Å². The summed E-state index contributed by atoms with van der Waals surface area (Å²) in [6.45, 7) is 7.18. The van der Waals surface area contributed by atoms with Crippen LogP contribution in [0.5, 0.6) is 0 Å². The van der Waals surface area contributed by atoms with Crippen LogP contribution >= 0.6 is 11.3 Å². The predicted octanol–water partition coefficient (Wildman–Crippen LogP) is 3.99. The van der Waals surface area contributed by atoms with Crippen LogP contribution in [0, 0.1) is 30.1 Å². The van der Waals surface area contributed by atoms with Crippen molar-refractivity contribution in [3.8, 4) is 6.07 Å². The standard InChI is InChI=1S/C25H29N3O4S/c1-14(2)22(28-23(30)17-8-5-15(3)6-9-17)25(31)32-13-21(29)27-24-19(12-26)18-10-7-16(4)11-20(18)33-24/h5-6,8-9,14,16,22H,7,10-11,13H2,1-4H3,(H,27,29)(H,28,30). The van der Waals surface area contributed by atoms with Gasteiger partial charge in [-0.2, -0.15) is 5.26 Å². The second kappa shape index (κ2) is 10.6. The van der Waals surface area contributed by atoms with Crippen molar-refractivity contribution in [3.63, 3.8) is 0 Å². The van der Waals surface area contributed by atoms with Crippen molar-refractivity contribution < 1.29 is 19.1 Å². The van der Waals surface area contributed by atoms with Crippen LogP contribution in [0.4, 0.5) is 5.00 Å². The molecule has 2 N–H and O–H groups in total. The van der Waals surface area contributed by atoms with E-state index in [4.69, 9.17) is 4.74 Å². The summed E-state index contributed by atoms with van der Waals surface area (Å²) in [6.07, 6.45) is 2.75. The summed E-state index contributed by atoms with van der Waals surface area (Å²) in [5, 5.41) is 15.5. The summed E-state index contributed by atoms with van der Waals surface area (Å²) >= 11 is 1.42. The maximum atomic E-state index is 12.6. The highest BCUT2D eigenvalue weighted by Gasteiger charge is 2.28. The number of carbonyl (C=O) groups is 3. The van der Waals surface area contributed by atoms with Gasteiger partial charge in [-0.25, -0.2) is 4.79 Å². The molecule has 0 saturated heterocycles. The van der Waals surface area contributed by atoms with Crippen LogP contribution in [0.3, 0.4) is 0 Å². The molecule has 174 valence electrons. The summed E-state index contributed by atoms with van der Waals surface area (Å²) in [4.78, 5) is 38.7. The molecule has 2 amide bonds. The van der Waals surface area contributed by atoms with E-state index >= 15 is 0 Å². The highest BCUT2D eigenvalue weighted by atomic mass is 32.1. The minimum Gasteiger partial charge on any atom is -0.454 e. The Hall–Kier alpha value is -3.18. The monoisotopic (exact) mass is 467 g/mol. The van der Waals surface area contributed by atoms with Crippen molar-refractivity contribution >= 4 is 34.1 Å². The molecule has 0 radical (unpaired) electrons. The Balaban J connectivity index is 1.59. The van der Waals surface area contributed by atoms with Crippen LogP contribution in [0.2, 0.25) is 0 Å². The number of aryl methyl sites for hydroxylation is 1. The van der Waals surface area contributed by atoms with Gasteiger partial charge in [-0.15, -0.1) is 11.3 Å². The predicted molar refractivity (Wildman–Crippen MR) is 127 cm³/mol. The first-order valence-electron chi connectivity index (χ1n) is 11.1. The summed E-state index contributed by atoms with van der Waals surface area (Å²) in [7, 11) is 0. The van der Waals surface area contributed by atoms with Crippen molar-refractivity contribution in [2.24, 2.45) is 11.8 Å². The first kappa shape index (κ1) is 24.5. The van der Waals surface area contributed by atoms with E-state index in [1.807, 2.05) is 19.1 Å². The first-order chi connectivity index (χ1) is 15.7. The van der Waals surface area contributed by atoms with Crippen molar-refractivity contribution in [1.82, 2.24) is 5.32 Å². The molecule has 1 heterocycles. The Morgan fingerprint density at radius 3 is 2.58 bits per heavy atom. The van der Waals surface area contributed by atoms with Crippen LogP contribution in [-0.4, -0.2) is 30.4 Å². The molecule has 0 fully saturated rings. The third-order valence-corrected chi connectivity index (χ3v) is 6.91. The molecular weight excluding hydrogens is 438 g/mol. The third-order valence-electron chi connectivity index (χ3n) is 5.74. The molecule has 0 bridgehead atoms. The van der Waals surface area contributed by atoms with Crippen LogP contribution in [0.15, 0.2) is 24.3 Å². The lowest BCUT2D eigenvalue weighted by Gasteiger charge is -2.20. The second-order valence-corrected chi connectivity index (χ2v) is 9.99. The molecule has 33 heavy (non-hydrogen) atoms. The van der Waals surface area contributed by atoms with E-state index in [-0.39, 0.29) is 11.8 Å². The number of ether oxygens (including phenoxy) is 1. The molecule has 1 aliphatic rings. The van der Waals surface area contributed by atoms with Crippen LogP contribution in [0.25, 0.3) is 0 Å². The number of carbonyl (C=O) groups excluding carboxylic acids is 3. The zero-order valence-corrected chi connectivity index (χ0v) is 20.2. The van der Waals surface area contributed by atoms with Gasteiger partial charge in [-0.3, -0.25) is 9.59 Å². The minimum absolute atomic E-state index is 0.230. The normalized spacial score (nSPS) is 15.8. The highest BCUT2D eigenvalue weighted by Crippen LogP contribution is 2.39. The molecule has 3 rings (SSSR count). The molecule has 8 heteroatoms. The summed E-state index contributed by atoms with van der Waals surface area (Å²) in [6, 6.07) is 8.33. The van der Waals surface area contributed by atoms with Crippen molar-refractivity contribution in [3.05, 3.63) is 51.4 Å². The van der Waals surface area contributed by atoms with Gasteiger partial charge in [0.15, 0.2) is 6.61 Å². The summed E-state index contributed by atoms with van der Waals surface area (Å²) in [5.41, 5.74) is 2.99. The maximum Gasteiger partial charge on any atom is 0.329 e. The number of hydrogen-bond acceptors (Lipinski definition) is 6. The molecular formula is C25H29N3O4S. The number of esters is 1. The van der Waals surface area contributed by atoms with E-state index in [1.165, 1.54) is 11.3 Å². The lowest BCUT2D eigenvalue weighted by atomic mass is 9.89. The van der Waals surface area contributed by atoms with Crippen LogP contribution < -0.4 is 10.6 Å². The van der Waals surface area contributed by atoms with E-state index in [2.05, 4.69) is 23.6 Å². The van der Waals surface area contributed by atoms with Crippen LogP contribution in [-0.2, 0) is 27.2 Å². The van der Waals surface area contributed by atoms with E-state index in [0.717, 1.165) is 35.3 Å². The highest BCUT2D eigenvalue weighted by molar-refractivity contribution is 7.16. The van der Waals surface area contributed by atoms with Crippen LogP contribution in [0.1, 0.15) is 59.1 Å². The Morgan fingerprint density at radius 1 is 1.24 bits per heavy atom. The quantitative estimate of drug-likeness (QED) is 0.599. The van der Waals surface area contributed by atoms with E-state index in [9.17, 15) is 19.6 Å². The zero-order valence-electron chi connectivity index (χ0n) is 19.4. The average Bonchev–Trinajstić information content (AvgIpc) is 3.11. The Morgan fingerprint density at radius 2 is 1.94 bits per heavy atom. The second-order valence-electron chi connectivity index (χ2n) is 8.88. The van der Waals surface area contributed by atoms with Gasteiger partial charge in [0, 0.05) is 10.4 Å². The first-order valence-corrected chi connectivity index (χ1v) is 11.9. The van der Waals surface area contributed by atoms with Gasteiger partial charge >= 0.3 is 5.97 Å². The molecule has 2 unspecified atom stereocenters. The summed E-state index contributed by atoms with van der Waals surface area (Å²) in [5.74, 6) is -1.26. The number of thiophene rings is 1. The number of nitrogens with zero attached hydrogens (tertiary/aromatic N) is 1. The third kappa shape index (κ3) is 5.99. The lowest BCUT2D eigenvalue weighted by Crippen LogP contribution is -2.45. The molecule has 1 aromatic heterocycles. The molecule has 0 saturated carbocycles. The van der Waals surface area contributed by atoms with Crippen molar-refractivity contribution in [2.75, 3.05) is 11.9 Å². The van der Waals surface area contributed by atoms with E-state index in [0.29, 0.717) is 22.0 Å². The zero-order chi connectivity index (χ0) is 24.1. The van der Waals surface area contributed by atoms with Gasteiger partial charge in [0.25, 0.3) is 11.8 Å². The lowest BCUT2D eigenvalue weighted by molar-refractivity contribution is -0.150. The molecule has 0 spiro atoms. The Kier molecular flexibility index (Phi) is 7.88. The number of fused-ring (bicyclic) bond motifs is 1. The van der Waals surface area contributed by atoms with Crippen molar-refractivity contribution in [2.45, 2.75) is 53.0 Å². The van der Waals surface area contributed by atoms with E-state index < -0.39 is 24.5 Å². The molecule has 1 aromatic carbocycles. The van der Waals surface area contributed by atoms with E-state index in [1.54, 1.807) is 26.0 Å². The number of nitriles is 1. The van der Waals surface area contributed by atoms with Gasteiger partial charge in [0.2, 0.25) is 0 Å². The number of anilines is 1. The number of rotatable bonds is 7. The molecule has 2 aromatic rings. The van der Waals surface area contributed by atoms with Gasteiger partial charge in [-0.1, -0.05) is 38.5 Å². The number of nitrogens with one attached hydrogen (secondary N) is 2. The molecule has 0 aliphatic heterocycles. The Bertz CT molecular complexity index is 1080. The minimum atomic E-state index is -0.892. The number of benzene rings is 1. The fraction of sp³-hybridized carbons (Fsp3) is 0.440. The Labute approximate surface area is 198 Å².